The van der Waals surface area contributed by atoms with Gasteiger partial charge in [-0.15, -0.1) is 11.8 Å². The van der Waals surface area contributed by atoms with Gasteiger partial charge in [-0.2, -0.15) is 0 Å². The number of hydrogen-bond acceptors (Lipinski definition) is 2. The lowest BCUT2D eigenvalue weighted by atomic mass is 10.0. The molecular formula is C17H18ClOS. The smallest absolute Gasteiger partial charge is 0.127 e. The molecule has 0 amide bonds. The molecular weight excluding hydrogens is 288 g/mol. The summed E-state index contributed by atoms with van der Waals surface area (Å²) in [6.45, 7) is 4.79. The lowest BCUT2D eigenvalue weighted by molar-refractivity contribution is 0.341. The van der Waals surface area contributed by atoms with Gasteiger partial charge in [-0.05, 0) is 48.9 Å². The van der Waals surface area contributed by atoms with Crippen molar-refractivity contribution in [2.75, 3.05) is 12.4 Å². The Morgan fingerprint density at radius 1 is 1.25 bits per heavy atom. The van der Waals surface area contributed by atoms with E-state index in [4.69, 9.17) is 16.3 Å². The molecule has 0 aliphatic heterocycles. The standard InChI is InChI=1S/C17H18ClOS/c1-3-11-20-17-10-9-13(12-15(17)18)14-7-5-6-8-16(14)19-4-2/h5-6,8-10,12H,3-4,11H2,1-2H3. The number of ether oxygens (including phenoxy) is 1. The summed E-state index contributed by atoms with van der Waals surface area (Å²) in [6.07, 6.45) is 1.14. The van der Waals surface area contributed by atoms with Crippen LogP contribution in [0, 0.1) is 6.07 Å². The van der Waals surface area contributed by atoms with Gasteiger partial charge < -0.3 is 4.74 Å². The van der Waals surface area contributed by atoms with Crippen molar-refractivity contribution in [2.24, 2.45) is 0 Å². The molecule has 20 heavy (non-hydrogen) atoms. The van der Waals surface area contributed by atoms with Gasteiger partial charge in [0.05, 0.1) is 11.6 Å². The minimum absolute atomic E-state index is 0.642. The quantitative estimate of drug-likeness (QED) is 0.632. The van der Waals surface area contributed by atoms with Crippen LogP contribution in [0.3, 0.4) is 0 Å². The second-order valence-corrected chi connectivity index (χ2v) is 5.88. The van der Waals surface area contributed by atoms with Crippen LogP contribution < -0.4 is 4.74 Å². The van der Waals surface area contributed by atoms with E-state index >= 15 is 0 Å². The van der Waals surface area contributed by atoms with Gasteiger partial charge in [0.1, 0.15) is 5.75 Å². The maximum Gasteiger partial charge on any atom is 0.127 e. The van der Waals surface area contributed by atoms with Gasteiger partial charge >= 0.3 is 0 Å². The summed E-state index contributed by atoms with van der Waals surface area (Å²) in [4.78, 5) is 1.13. The van der Waals surface area contributed by atoms with Crippen LogP contribution in [0.5, 0.6) is 5.75 Å². The number of thioether (sulfide) groups is 1. The largest absolute Gasteiger partial charge is 0.493 e. The molecule has 0 bridgehead atoms. The van der Waals surface area contributed by atoms with Crippen LogP contribution in [0.15, 0.2) is 41.3 Å². The van der Waals surface area contributed by atoms with Crippen LogP contribution in [0.25, 0.3) is 11.1 Å². The second kappa shape index (κ2) is 7.61. The third kappa shape index (κ3) is 3.71. The average molecular weight is 306 g/mol. The molecule has 0 saturated carbocycles. The third-order valence-corrected chi connectivity index (χ3v) is 4.50. The Labute approximate surface area is 130 Å². The molecule has 0 aliphatic carbocycles. The summed E-state index contributed by atoms with van der Waals surface area (Å²) in [5.41, 5.74) is 2.00. The summed E-state index contributed by atoms with van der Waals surface area (Å²) in [7, 11) is 0. The predicted octanol–water partition coefficient (Wildman–Crippen LogP) is 5.71. The van der Waals surface area contributed by atoms with Crippen molar-refractivity contribution in [3.8, 4) is 16.9 Å². The molecule has 0 aromatic heterocycles. The Kier molecular flexibility index (Phi) is 5.81. The SMILES string of the molecule is CCCSc1ccc(-c2[c]cccc2OCC)cc1Cl. The molecule has 3 heteroatoms. The first-order valence-electron chi connectivity index (χ1n) is 6.82. The Morgan fingerprint density at radius 3 is 2.80 bits per heavy atom. The molecule has 0 unspecified atom stereocenters. The van der Waals surface area contributed by atoms with Crippen LogP contribution >= 0.6 is 23.4 Å². The number of halogens is 1. The van der Waals surface area contributed by atoms with Crippen molar-refractivity contribution < 1.29 is 4.74 Å². The van der Waals surface area contributed by atoms with Gasteiger partial charge in [-0.1, -0.05) is 36.7 Å². The Morgan fingerprint density at radius 2 is 2.10 bits per heavy atom. The van der Waals surface area contributed by atoms with E-state index in [9.17, 15) is 0 Å². The van der Waals surface area contributed by atoms with E-state index in [1.165, 1.54) is 0 Å². The molecule has 0 saturated heterocycles. The number of hydrogen-bond donors (Lipinski definition) is 0. The first-order chi connectivity index (χ1) is 9.76. The van der Waals surface area contributed by atoms with E-state index in [2.05, 4.69) is 25.1 Å². The molecule has 0 spiro atoms. The first kappa shape index (κ1) is 15.3. The van der Waals surface area contributed by atoms with Crippen LogP contribution in [0.1, 0.15) is 20.3 Å². The highest BCUT2D eigenvalue weighted by Crippen LogP contribution is 2.35. The first-order valence-corrected chi connectivity index (χ1v) is 8.18. The van der Waals surface area contributed by atoms with Crippen LogP contribution in [0.2, 0.25) is 5.02 Å². The van der Waals surface area contributed by atoms with Crippen molar-refractivity contribution in [3.63, 3.8) is 0 Å². The minimum atomic E-state index is 0.642. The Hall–Kier alpha value is -1.12. The Bertz CT molecular complexity index is 569. The fourth-order valence-corrected chi connectivity index (χ4v) is 3.04. The van der Waals surface area contributed by atoms with E-state index in [1.807, 2.05) is 31.2 Å². The van der Waals surface area contributed by atoms with Gasteiger partial charge in [0.25, 0.3) is 0 Å². The zero-order valence-electron chi connectivity index (χ0n) is 11.8. The highest BCUT2D eigenvalue weighted by atomic mass is 35.5. The Balaban J connectivity index is 2.32. The molecule has 2 aromatic rings. The maximum absolute atomic E-state index is 6.37. The molecule has 0 atom stereocenters. The van der Waals surface area contributed by atoms with E-state index in [-0.39, 0.29) is 0 Å². The van der Waals surface area contributed by atoms with Gasteiger partial charge in [0, 0.05) is 10.5 Å². The zero-order chi connectivity index (χ0) is 14.4. The molecule has 0 heterocycles. The lowest BCUT2D eigenvalue weighted by Crippen LogP contribution is -1.94. The summed E-state index contributed by atoms with van der Waals surface area (Å²) >= 11 is 8.16. The summed E-state index contributed by atoms with van der Waals surface area (Å²) < 4.78 is 5.65. The third-order valence-electron chi connectivity index (χ3n) is 2.80. The van der Waals surface area contributed by atoms with Crippen LogP contribution in [-0.2, 0) is 0 Å². The molecule has 2 rings (SSSR count). The fourth-order valence-electron chi connectivity index (χ4n) is 1.91. The fraction of sp³-hybridized carbons (Fsp3) is 0.294. The molecule has 2 aromatic carbocycles. The van der Waals surface area contributed by atoms with Crippen molar-refractivity contribution in [1.29, 1.82) is 0 Å². The van der Waals surface area contributed by atoms with Gasteiger partial charge in [0.2, 0.25) is 0 Å². The highest BCUT2D eigenvalue weighted by Gasteiger charge is 2.08. The summed E-state index contributed by atoms with van der Waals surface area (Å²) in [6, 6.07) is 15.2. The van der Waals surface area contributed by atoms with E-state index in [0.29, 0.717) is 6.61 Å². The molecule has 1 nitrogen and oxygen atoms in total. The van der Waals surface area contributed by atoms with E-state index < -0.39 is 0 Å². The molecule has 1 radical (unpaired) electrons. The summed E-state index contributed by atoms with van der Waals surface area (Å²) in [5.74, 6) is 1.93. The normalized spacial score (nSPS) is 10.6. The number of benzene rings is 2. The highest BCUT2D eigenvalue weighted by molar-refractivity contribution is 7.99. The van der Waals surface area contributed by atoms with Gasteiger partial charge in [0.15, 0.2) is 0 Å². The average Bonchev–Trinajstić information content (AvgIpc) is 2.47. The monoisotopic (exact) mass is 305 g/mol. The second-order valence-electron chi connectivity index (χ2n) is 4.34. The lowest BCUT2D eigenvalue weighted by Gasteiger charge is -2.11. The van der Waals surface area contributed by atoms with Crippen LogP contribution in [-0.4, -0.2) is 12.4 Å². The summed E-state index contributed by atoms with van der Waals surface area (Å²) in [5, 5.41) is 0.792. The predicted molar refractivity (Wildman–Crippen MR) is 87.9 cm³/mol. The zero-order valence-corrected chi connectivity index (χ0v) is 13.4. The van der Waals surface area contributed by atoms with Gasteiger partial charge in [-0.3, -0.25) is 0 Å². The molecule has 0 N–H and O–H groups in total. The molecule has 0 fully saturated rings. The van der Waals surface area contributed by atoms with E-state index in [0.717, 1.165) is 39.0 Å². The van der Waals surface area contributed by atoms with Crippen LogP contribution in [0.4, 0.5) is 0 Å². The van der Waals surface area contributed by atoms with Crippen molar-refractivity contribution in [2.45, 2.75) is 25.2 Å². The maximum atomic E-state index is 6.37. The minimum Gasteiger partial charge on any atom is -0.493 e. The van der Waals surface area contributed by atoms with Gasteiger partial charge in [-0.25, -0.2) is 0 Å². The van der Waals surface area contributed by atoms with Crippen molar-refractivity contribution in [1.82, 2.24) is 0 Å². The van der Waals surface area contributed by atoms with Crippen molar-refractivity contribution in [3.05, 3.63) is 47.5 Å². The van der Waals surface area contributed by atoms with E-state index in [1.54, 1.807) is 11.8 Å². The van der Waals surface area contributed by atoms with Crippen molar-refractivity contribution >= 4 is 23.4 Å². The molecule has 0 aliphatic rings. The topological polar surface area (TPSA) is 9.23 Å². The number of rotatable bonds is 6. The molecule has 105 valence electrons.